The van der Waals surface area contributed by atoms with Gasteiger partial charge in [-0.25, -0.2) is 4.39 Å². The van der Waals surface area contributed by atoms with Crippen molar-refractivity contribution in [3.8, 4) is 0 Å². The Bertz CT molecular complexity index is 499. The Morgan fingerprint density at radius 3 is 2.53 bits per heavy atom. The molecule has 0 radical (unpaired) electrons. The van der Waals surface area contributed by atoms with Crippen LogP contribution in [-0.4, -0.2) is 0 Å². The van der Waals surface area contributed by atoms with E-state index in [2.05, 4.69) is 15.9 Å². The molecule has 0 amide bonds. The molecule has 3 heteroatoms. The molecular weight excluding hydrogens is 281 g/mol. The largest absolute Gasteiger partial charge is 0.324 e. The van der Waals surface area contributed by atoms with E-state index in [0.717, 1.165) is 10.0 Å². The Balaban J connectivity index is 2.20. The average molecular weight is 294 g/mol. The van der Waals surface area contributed by atoms with E-state index in [-0.39, 0.29) is 11.9 Å². The van der Waals surface area contributed by atoms with Gasteiger partial charge in [-0.05, 0) is 30.2 Å². The van der Waals surface area contributed by atoms with Gasteiger partial charge in [-0.15, -0.1) is 0 Å². The van der Waals surface area contributed by atoms with Crippen LogP contribution in [0.1, 0.15) is 17.2 Å². The lowest BCUT2D eigenvalue weighted by Crippen LogP contribution is -2.15. The molecule has 88 valence electrons. The SMILES string of the molecule is NC(Cc1ccccc1)c1cc(Br)ccc1F. The molecule has 1 nitrogen and oxygen atoms in total. The highest BCUT2D eigenvalue weighted by molar-refractivity contribution is 9.10. The summed E-state index contributed by atoms with van der Waals surface area (Å²) in [6.45, 7) is 0. The zero-order valence-corrected chi connectivity index (χ0v) is 10.8. The van der Waals surface area contributed by atoms with Gasteiger partial charge in [-0.1, -0.05) is 46.3 Å². The van der Waals surface area contributed by atoms with Crippen LogP contribution in [0.15, 0.2) is 53.0 Å². The molecule has 0 aliphatic heterocycles. The van der Waals surface area contributed by atoms with Gasteiger partial charge >= 0.3 is 0 Å². The zero-order chi connectivity index (χ0) is 12.3. The van der Waals surface area contributed by atoms with E-state index in [1.54, 1.807) is 12.1 Å². The Morgan fingerprint density at radius 2 is 1.82 bits per heavy atom. The van der Waals surface area contributed by atoms with Gasteiger partial charge in [0.1, 0.15) is 5.82 Å². The van der Waals surface area contributed by atoms with Gasteiger partial charge in [0.15, 0.2) is 0 Å². The van der Waals surface area contributed by atoms with Crippen LogP contribution in [0.5, 0.6) is 0 Å². The topological polar surface area (TPSA) is 26.0 Å². The first kappa shape index (κ1) is 12.3. The number of benzene rings is 2. The minimum Gasteiger partial charge on any atom is -0.324 e. The third kappa shape index (κ3) is 3.14. The predicted octanol–water partition coefficient (Wildman–Crippen LogP) is 3.83. The molecule has 2 N–H and O–H groups in total. The number of halogens is 2. The summed E-state index contributed by atoms with van der Waals surface area (Å²) in [5, 5.41) is 0. The molecule has 0 fully saturated rings. The second-order valence-electron chi connectivity index (χ2n) is 3.96. The summed E-state index contributed by atoms with van der Waals surface area (Å²) in [4.78, 5) is 0. The second kappa shape index (κ2) is 5.43. The van der Waals surface area contributed by atoms with Crippen molar-refractivity contribution in [3.05, 3.63) is 69.9 Å². The van der Waals surface area contributed by atoms with E-state index in [0.29, 0.717) is 12.0 Å². The summed E-state index contributed by atoms with van der Waals surface area (Å²) < 4.78 is 14.5. The smallest absolute Gasteiger partial charge is 0.128 e. The van der Waals surface area contributed by atoms with Crippen LogP contribution in [0.3, 0.4) is 0 Å². The number of hydrogen-bond donors (Lipinski definition) is 1. The second-order valence-corrected chi connectivity index (χ2v) is 4.88. The first-order valence-electron chi connectivity index (χ1n) is 5.41. The van der Waals surface area contributed by atoms with Gasteiger partial charge in [0.05, 0.1) is 0 Å². The van der Waals surface area contributed by atoms with Crippen molar-refractivity contribution in [2.24, 2.45) is 5.73 Å². The van der Waals surface area contributed by atoms with Crippen molar-refractivity contribution >= 4 is 15.9 Å². The van der Waals surface area contributed by atoms with Crippen molar-refractivity contribution in [1.82, 2.24) is 0 Å². The third-order valence-electron chi connectivity index (χ3n) is 2.66. The van der Waals surface area contributed by atoms with Gasteiger partial charge in [0.25, 0.3) is 0 Å². The third-order valence-corrected chi connectivity index (χ3v) is 3.15. The summed E-state index contributed by atoms with van der Waals surface area (Å²) in [7, 11) is 0. The number of hydrogen-bond acceptors (Lipinski definition) is 1. The molecule has 2 rings (SSSR count). The quantitative estimate of drug-likeness (QED) is 0.914. The Labute approximate surface area is 109 Å². The van der Waals surface area contributed by atoms with Crippen LogP contribution in [0.2, 0.25) is 0 Å². The molecule has 0 aliphatic carbocycles. The molecule has 0 heterocycles. The molecule has 2 aromatic carbocycles. The standard InChI is InChI=1S/C14H13BrFN/c15-11-6-7-13(16)12(9-11)14(17)8-10-4-2-1-3-5-10/h1-7,9,14H,8,17H2. The van der Waals surface area contributed by atoms with Gasteiger partial charge in [-0.3, -0.25) is 0 Å². The van der Waals surface area contributed by atoms with Crippen LogP contribution in [0, 0.1) is 5.82 Å². The van der Waals surface area contributed by atoms with Crippen molar-refractivity contribution in [2.75, 3.05) is 0 Å². The van der Waals surface area contributed by atoms with E-state index in [1.165, 1.54) is 6.07 Å². The Morgan fingerprint density at radius 1 is 1.12 bits per heavy atom. The summed E-state index contributed by atoms with van der Waals surface area (Å²) in [6.07, 6.45) is 0.633. The monoisotopic (exact) mass is 293 g/mol. The highest BCUT2D eigenvalue weighted by atomic mass is 79.9. The molecule has 17 heavy (non-hydrogen) atoms. The molecule has 0 spiro atoms. The first-order valence-corrected chi connectivity index (χ1v) is 6.20. The molecule has 0 bridgehead atoms. The highest BCUT2D eigenvalue weighted by Crippen LogP contribution is 2.22. The van der Waals surface area contributed by atoms with Crippen LogP contribution in [0.25, 0.3) is 0 Å². The Kier molecular flexibility index (Phi) is 3.92. The van der Waals surface area contributed by atoms with Gasteiger partial charge in [0, 0.05) is 16.1 Å². The molecular formula is C14H13BrFN. The maximum atomic E-state index is 13.6. The fourth-order valence-corrected chi connectivity index (χ4v) is 2.16. The first-order chi connectivity index (χ1) is 8.16. The van der Waals surface area contributed by atoms with Crippen molar-refractivity contribution in [3.63, 3.8) is 0 Å². The average Bonchev–Trinajstić information content (AvgIpc) is 2.33. The van der Waals surface area contributed by atoms with Crippen LogP contribution >= 0.6 is 15.9 Å². The fraction of sp³-hybridized carbons (Fsp3) is 0.143. The van der Waals surface area contributed by atoms with Gasteiger partial charge in [0.2, 0.25) is 0 Å². The van der Waals surface area contributed by atoms with E-state index >= 15 is 0 Å². The van der Waals surface area contributed by atoms with E-state index in [9.17, 15) is 4.39 Å². The molecule has 0 aliphatic rings. The predicted molar refractivity (Wildman–Crippen MR) is 71.2 cm³/mol. The maximum absolute atomic E-state index is 13.6. The normalized spacial score (nSPS) is 12.4. The lowest BCUT2D eigenvalue weighted by atomic mass is 9.99. The van der Waals surface area contributed by atoms with Crippen LogP contribution < -0.4 is 5.73 Å². The van der Waals surface area contributed by atoms with Gasteiger partial charge < -0.3 is 5.73 Å². The number of rotatable bonds is 3. The van der Waals surface area contributed by atoms with Gasteiger partial charge in [-0.2, -0.15) is 0 Å². The molecule has 0 saturated carbocycles. The summed E-state index contributed by atoms with van der Waals surface area (Å²) in [5.74, 6) is -0.253. The van der Waals surface area contributed by atoms with Crippen LogP contribution in [-0.2, 0) is 6.42 Å². The molecule has 1 unspecified atom stereocenters. The van der Waals surface area contributed by atoms with E-state index in [1.807, 2.05) is 30.3 Å². The van der Waals surface area contributed by atoms with E-state index in [4.69, 9.17) is 5.73 Å². The van der Waals surface area contributed by atoms with Crippen molar-refractivity contribution in [1.29, 1.82) is 0 Å². The fourth-order valence-electron chi connectivity index (χ4n) is 1.78. The van der Waals surface area contributed by atoms with Crippen molar-refractivity contribution in [2.45, 2.75) is 12.5 Å². The summed E-state index contributed by atoms with van der Waals surface area (Å²) in [5.41, 5.74) is 7.69. The van der Waals surface area contributed by atoms with Crippen LogP contribution in [0.4, 0.5) is 4.39 Å². The molecule has 1 atom stereocenters. The molecule has 0 aromatic heterocycles. The summed E-state index contributed by atoms with van der Waals surface area (Å²) >= 11 is 3.33. The minimum absolute atomic E-state index is 0.253. The minimum atomic E-state index is -0.324. The summed E-state index contributed by atoms with van der Waals surface area (Å²) in [6, 6.07) is 14.4. The number of nitrogens with two attached hydrogens (primary N) is 1. The lowest BCUT2D eigenvalue weighted by molar-refractivity contribution is 0.580. The molecule has 2 aromatic rings. The zero-order valence-electron chi connectivity index (χ0n) is 9.24. The molecule has 0 saturated heterocycles. The van der Waals surface area contributed by atoms with Crippen molar-refractivity contribution < 1.29 is 4.39 Å². The van der Waals surface area contributed by atoms with E-state index < -0.39 is 0 Å². The maximum Gasteiger partial charge on any atom is 0.128 e. The highest BCUT2D eigenvalue weighted by Gasteiger charge is 2.12. The Hall–Kier alpha value is -1.19. The lowest BCUT2D eigenvalue weighted by Gasteiger charge is -2.13.